The number of aromatic nitrogens is 3. The van der Waals surface area contributed by atoms with Crippen LogP contribution in [-0.4, -0.2) is 15.0 Å². The van der Waals surface area contributed by atoms with Crippen LogP contribution in [0.2, 0.25) is 5.02 Å². The fraction of sp³-hybridized carbons (Fsp3) is 0.211. The van der Waals surface area contributed by atoms with Gasteiger partial charge in [-0.3, -0.25) is 15.0 Å². The molecule has 3 heterocycles. The van der Waals surface area contributed by atoms with Crippen molar-refractivity contribution >= 4 is 27.5 Å². The maximum atomic E-state index is 5.58. The standard InChI is InChI=1S/C7H9N.C6H6BrN.C6H6ClN/c1-6-3-4-7(2)8-5-6;2*1-5-2-6(7)4-8-3-5/h3-5H,1-2H3;2*2-4H,1H3. The van der Waals surface area contributed by atoms with E-state index in [4.69, 9.17) is 11.6 Å². The highest BCUT2D eigenvalue weighted by molar-refractivity contribution is 9.10. The van der Waals surface area contributed by atoms with E-state index in [2.05, 4.69) is 36.9 Å². The van der Waals surface area contributed by atoms with Crippen molar-refractivity contribution in [1.82, 2.24) is 15.0 Å². The average Bonchev–Trinajstić information content (AvgIpc) is 2.51. The molecule has 0 amide bonds. The van der Waals surface area contributed by atoms with Gasteiger partial charge in [-0.05, 0) is 78.5 Å². The van der Waals surface area contributed by atoms with Crippen LogP contribution in [0.1, 0.15) is 22.4 Å². The molecule has 126 valence electrons. The number of hydrogen-bond donors (Lipinski definition) is 0. The van der Waals surface area contributed by atoms with Crippen LogP contribution in [0.4, 0.5) is 0 Å². The van der Waals surface area contributed by atoms with Gasteiger partial charge in [-0.15, -0.1) is 0 Å². The number of hydrogen-bond acceptors (Lipinski definition) is 3. The summed E-state index contributed by atoms with van der Waals surface area (Å²) in [5.41, 5.74) is 4.57. The fourth-order valence-electron chi connectivity index (χ4n) is 1.58. The van der Waals surface area contributed by atoms with Crippen molar-refractivity contribution in [2.24, 2.45) is 0 Å². The lowest BCUT2D eigenvalue weighted by Crippen LogP contribution is -1.78. The summed E-state index contributed by atoms with van der Waals surface area (Å²) < 4.78 is 1.04. The fourth-order valence-corrected chi connectivity index (χ4v) is 2.29. The van der Waals surface area contributed by atoms with Gasteiger partial charge in [0.15, 0.2) is 0 Å². The lowest BCUT2D eigenvalue weighted by Gasteiger charge is -1.89. The van der Waals surface area contributed by atoms with Gasteiger partial charge in [0.25, 0.3) is 0 Å². The van der Waals surface area contributed by atoms with E-state index in [1.807, 2.05) is 58.3 Å². The highest BCUT2D eigenvalue weighted by atomic mass is 79.9. The molecule has 0 fully saturated rings. The molecule has 24 heavy (non-hydrogen) atoms. The number of nitrogens with zero attached hydrogens (tertiary/aromatic N) is 3. The maximum Gasteiger partial charge on any atom is 0.0591 e. The van der Waals surface area contributed by atoms with Gasteiger partial charge in [-0.1, -0.05) is 17.7 Å². The Balaban J connectivity index is 0.000000180. The Hall–Kier alpha value is -1.78. The molecule has 0 radical (unpaired) electrons. The summed E-state index contributed by atoms with van der Waals surface area (Å²) in [6, 6.07) is 7.96. The zero-order valence-corrected chi connectivity index (χ0v) is 16.6. The SMILES string of the molecule is Cc1ccc(C)nc1.Cc1cncc(Br)c1.Cc1cncc(Cl)c1. The van der Waals surface area contributed by atoms with Crippen LogP contribution in [0.25, 0.3) is 0 Å². The molecular weight excluding hydrogens is 386 g/mol. The van der Waals surface area contributed by atoms with E-state index in [0.717, 1.165) is 15.7 Å². The summed E-state index contributed by atoms with van der Waals surface area (Å²) in [5, 5.41) is 0.699. The second-order valence-corrected chi connectivity index (χ2v) is 6.69. The molecule has 0 unspecified atom stereocenters. The van der Waals surface area contributed by atoms with Gasteiger partial charge >= 0.3 is 0 Å². The monoisotopic (exact) mass is 405 g/mol. The zero-order valence-electron chi connectivity index (χ0n) is 14.3. The quantitative estimate of drug-likeness (QED) is 0.467. The van der Waals surface area contributed by atoms with Crippen LogP contribution in [0.15, 0.2) is 59.7 Å². The molecule has 3 aromatic heterocycles. The summed E-state index contributed by atoms with van der Waals surface area (Å²) >= 11 is 8.88. The molecule has 0 saturated heterocycles. The molecule has 0 aliphatic heterocycles. The van der Waals surface area contributed by atoms with Crippen LogP contribution >= 0.6 is 27.5 Å². The Bertz CT molecular complexity index is 647. The van der Waals surface area contributed by atoms with E-state index in [-0.39, 0.29) is 0 Å². The summed E-state index contributed by atoms with van der Waals surface area (Å²) in [5.74, 6) is 0. The largest absolute Gasteiger partial charge is 0.263 e. The second kappa shape index (κ2) is 10.9. The second-order valence-electron chi connectivity index (χ2n) is 5.34. The Morgan fingerprint density at radius 2 is 1.38 bits per heavy atom. The molecule has 0 aromatic carbocycles. The third-order valence-electron chi connectivity index (χ3n) is 2.74. The molecule has 0 N–H and O–H groups in total. The van der Waals surface area contributed by atoms with E-state index < -0.39 is 0 Å². The van der Waals surface area contributed by atoms with Crippen molar-refractivity contribution in [2.45, 2.75) is 27.7 Å². The van der Waals surface area contributed by atoms with Gasteiger partial charge in [0, 0.05) is 41.2 Å². The normalized spacial score (nSPS) is 9.25. The van der Waals surface area contributed by atoms with E-state index in [0.29, 0.717) is 5.02 Å². The lowest BCUT2D eigenvalue weighted by molar-refractivity contribution is 1.17. The molecule has 3 nitrogen and oxygen atoms in total. The van der Waals surface area contributed by atoms with Gasteiger partial charge < -0.3 is 0 Å². The summed E-state index contributed by atoms with van der Waals surface area (Å²) in [6.45, 7) is 7.99. The number of rotatable bonds is 0. The molecule has 0 atom stereocenters. The van der Waals surface area contributed by atoms with Crippen molar-refractivity contribution in [3.05, 3.63) is 87.1 Å². The summed E-state index contributed by atoms with van der Waals surface area (Å²) in [7, 11) is 0. The predicted molar refractivity (Wildman–Crippen MR) is 104 cm³/mol. The van der Waals surface area contributed by atoms with E-state index in [1.54, 1.807) is 18.6 Å². The first-order valence-electron chi connectivity index (χ1n) is 7.40. The van der Waals surface area contributed by atoms with Crippen LogP contribution in [-0.2, 0) is 0 Å². The van der Waals surface area contributed by atoms with Gasteiger partial charge in [0.05, 0.1) is 5.02 Å². The maximum absolute atomic E-state index is 5.58. The number of pyridine rings is 3. The minimum absolute atomic E-state index is 0.699. The zero-order chi connectivity index (χ0) is 17.9. The molecule has 0 saturated carbocycles. The van der Waals surface area contributed by atoms with Crippen molar-refractivity contribution in [3.63, 3.8) is 0 Å². The van der Waals surface area contributed by atoms with Crippen molar-refractivity contribution < 1.29 is 0 Å². The average molecular weight is 407 g/mol. The van der Waals surface area contributed by atoms with Crippen LogP contribution in [0, 0.1) is 27.7 Å². The summed E-state index contributed by atoms with van der Waals surface area (Å²) in [4.78, 5) is 11.9. The topological polar surface area (TPSA) is 38.7 Å². The first-order valence-corrected chi connectivity index (χ1v) is 8.57. The third-order valence-corrected chi connectivity index (χ3v) is 3.38. The van der Waals surface area contributed by atoms with Gasteiger partial charge in [0.1, 0.15) is 0 Å². The lowest BCUT2D eigenvalue weighted by atomic mass is 10.3. The number of aryl methyl sites for hydroxylation is 4. The first kappa shape index (κ1) is 20.3. The molecule has 5 heteroatoms. The van der Waals surface area contributed by atoms with E-state index in [9.17, 15) is 0 Å². The first-order chi connectivity index (χ1) is 11.4. The Morgan fingerprint density at radius 3 is 1.71 bits per heavy atom. The minimum Gasteiger partial charge on any atom is -0.263 e. The molecule has 0 aliphatic rings. The molecule has 3 rings (SSSR count). The van der Waals surface area contributed by atoms with Crippen LogP contribution in [0.3, 0.4) is 0 Å². The van der Waals surface area contributed by atoms with Crippen LogP contribution in [0.5, 0.6) is 0 Å². The highest BCUT2D eigenvalue weighted by Crippen LogP contribution is 2.07. The molecular formula is C19H21BrClN3. The molecule has 0 spiro atoms. The smallest absolute Gasteiger partial charge is 0.0591 e. The third kappa shape index (κ3) is 9.38. The highest BCUT2D eigenvalue weighted by Gasteiger charge is 1.85. The van der Waals surface area contributed by atoms with Crippen molar-refractivity contribution in [1.29, 1.82) is 0 Å². The molecule has 3 aromatic rings. The Kier molecular flexibility index (Phi) is 9.20. The van der Waals surface area contributed by atoms with Gasteiger partial charge in [-0.2, -0.15) is 0 Å². The Morgan fingerprint density at radius 1 is 0.750 bits per heavy atom. The molecule has 0 bridgehead atoms. The van der Waals surface area contributed by atoms with Gasteiger partial charge in [0.2, 0.25) is 0 Å². The van der Waals surface area contributed by atoms with Crippen molar-refractivity contribution in [3.8, 4) is 0 Å². The predicted octanol–water partition coefficient (Wildman–Crippen LogP) is 5.89. The Labute approximate surface area is 157 Å². The summed E-state index contributed by atoms with van der Waals surface area (Å²) in [6.07, 6.45) is 8.85. The number of halogens is 2. The van der Waals surface area contributed by atoms with Crippen LogP contribution < -0.4 is 0 Å². The minimum atomic E-state index is 0.699. The van der Waals surface area contributed by atoms with Gasteiger partial charge in [-0.25, -0.2) is 0 Å². The van der Waals surface area contributed by atoms with E-state index >= 15 is 0 Å². The van der Waals surface area contributed by atoms with Crippen molar-refractivity contribution in [2.75, 3.05) is 0 Å². The van der Waals surface area contributed by atoms with E-state index in [1.165, 1.54) is 11.1 Å². The molecule has 0 aliphatic carbocycles.